The van der Waals surface area contributed by atoms with E-state index in [1.807, 2.05) is 24.3 Å². The Bertz CT molecular complexity index is 536. The molecule has 0 atom stereocenters. The van der Waals surface area contributed by atoms with Gasteiger partial charge >= 0.3 is 0 Å². The summed E-state index contributed by atoms with van der Waals surface area (Å²) in [4.78, 5) is 10.9. The third-order valence-electron chi connectivity index (χ3n) is 2.23. The highest BCUT2D eigenvalue weighted by atomic mass is 35.5. The smallest absolute Gasteiger partial charge is 0.222 e. The van der Waals surface area contributed by atoms with Crippen LogP contribution in [-0.2, 0) is 11.3 Å². The van der Waals surface area contributed by atoms with E-state index in [1.54, 1.807) is 16.9 Å². The molecule has 0 bridgehead atoms. The Balaban J connectivity index is 2.12. The van der Waals surface area contributed by atoms with Crippen molar-refractivity contribution in [1.82, 2.24) is 9.78 Å². The highest BCUT2D eigenvalue weighted by Crippen LogP contribution is 2.16. The van der Waals surface area contributed by atoms with E-state index >= 15 is 0 Å². The molecule has 0 aliphatic rings. The second-order valence-electron chi connectivity index (χ2n) is 3.67. The van der Waals surface area contributed by atoms with Gasteiger partial charge in [-0.15, -0.1) is 0 Å². The molecule has 1 aromatic heterocycles. The van der Waals surface area contributed by atoms with Crippen LogP contribution < -0.4 is 5.32 Å². The van der Waals surface area contributed by atoms with Crippen LogP contribution in [0, 0.1) is 0 Å². The number of rotatable bonds is 3. The van der Waals surface area contributed by atoms with Gasteiger partial charge in [-0.05, 0) is 11.6 Å². The Labute approximate surface area is 104 Å². The quantitative estimate of drug-likeness (QED) is 0.909. The van der Waals surface area contributed by atoms with Crippen LogP contribution in [0.15, 0.2) is 36.5 Å². The third kappa shape index (κ3) is 3.07. The number of hydrogen-bond donors (Lipinski definition) is 1. The fourth-order valence-corrected chi connectivity index (χ4v) is 1.69. The van der Waals surface area contributed by atoms with Crippen LogP contribution in [-0.4, -0.2) is 15.7 Å². The Morgan fingerprint density at radius 2 is 2.18 bits per heavy atom. The molecule has 1 N–H and O–H groups in total. The molecule has 4 nitrogen and oxygen atoms in total. The monoisotopic (exact) mass is 249 g/mol. The summed E-state index contributed by atoms with van der Waals surface area (Å²) in [5.41, 5.74) is 0.992. The lowest BCUT2D eigenvalue weighted by Gasteiger charge is -2.03. The summed E-state index contributed by atoms with van der Waals surface area (Å²) in [5, 5.41) is 7.55. The lowest BCUT2D eigenvalue weighted by atomic mass is 10.2. The maximum absolute atomic E-state index is 10.9. The maximum atomic E-state index is 10.9. The van der Waals surface area contributed by atoms with Gasteiger partial charge < -0.3 is 5.32 Å². The number of hydrogen-bond acceptors (Lipinski definition) is 2. The number of nitrogens with one attached hydrogen (secondary N) is 1. The molecule has 0 spiro atoms. The number of carbonyl (C=O) groups is 1. The lowest BCUT2D eigenvalue weighted by Crippen LogP contribution is -2.07. The minimum absolute atomic E-state index is 0.131. The maximum Gasteiger partial charge on any atom is 0.222 e. The first-order chi connectivity index (χ1) is 8.15. The van der Waals surface area contributed by atoms with E-state index in [1.165, 1.54) is 6.92 Å². The number of aromatic nitrogens is 2. The zero-order chi connectivity index (χ0) is 12.3. The van der Waals surface area contributed by atoms with E-state index < -0.39 is 0 Å². The van der Waals surface area contributed by atoms with Crippen molar-refractivity contribution in [2.24, 2.45) is 0 Å². The molecule has 0 saturated heterocycles. The molecule has 5 heteroatoms. The molecule has 0 aliphatic heterocycles. The van der Waals surface area contributed by atoms with Crippen LogP contribution in [0.4, 0.5) is 5.82 Å². The highest BCUT2D eigenvalue weighted by molar-refractivity contribution is 6.31. The first-order valence-corrected chi connectivity index (χ1v) is 5.57. The van der Waals surface area contributed by atoms with Crippen LogP contribution in [0.2, 0.25) is 5.02 Å². The number of anilines is 1. The fraction of sp³-hybridized carbons (Fsp3) is 0.167. The molecule has 1 amide bonds. The van der Waals surface area contributed by atoms with Crippen LogP contribution in [0.25, 0.3) is 0 Å². The molecule has 17 heavy (non-hydrogen) atoms. The van der Waals surface area contributed by atoms with Crippen molar-refractivity contribution in [1.29, 1.82) is 0 Å². The van der Waals surface area contributed by atoms with E-state index in [2.05, 4.69) is 10.4 Å². The largest absolute Gasteiger partial charge is 0.309 e. The van der Waals surface area contributed by atoms with Crippen molar-refractivity contribution in [3.8, 4) is 0 Å². The summed E-state index contributed by atoms with van der Waals surface area (Å²) in [6.07, 6.45) is 1.80. The first-order valence-electron chi connectivity index (χ1n) is 5.19. The average Bonchev–Trinajstić information content (AvgIpc) is 2.68. The van der Waals surface area contributed by atoms with Crippen molar-refractivity contribution < 1.29 is 4.79 Å². The fourth-order valence-electron chi connectivity index (χ4n) is 1.50. The molecule has 88 valence electrons. The molecule has 0 radical (unpaired) electrons. The van der Waals surface area contributed by atoms with Gasteiger partial charge in [-0.2, -0.15) is 5.10 Å². The summed E-state index contributed by atoms with van der Waals surface area (Å²) in [6.45, 7) is 2.03. The normalized spacial score (nSPS) is 10.2. The van der Waals surface area contributed by atoms with E-state index in [4.69, 9.17) is 11.6 Å². The predicted octanol–water partition coefficient (Wildman–Crippen LogP) is 2.54. The Kier molecular flexibility index (Phi) is 3.44. The summed E-state index contributed by atoms with van der Waals surface area (Å²) >= 11 is 6.05. The second kappa shape index (κ2) is 5.01. The zero-order valence-electron chi connectivity index (χ0n) is 9.35. The SMILES string of the molecule is CC(=O)Nc1ccn(Cc2ccccc2Cl)n1. The molecule has 0 fully saturated rings. The third-order valence-corrected chi connectivity index (χ3v) is 2.60. The van der Waals surface area contributed by atoms with Crippen LogP contribution in [0.3, 0.4) is 0 Å². The number of nitrogens with zero attached hydrogens (tertiary/aromatic N) is 2. The van der Waals surface area contributed by atoms with Gasteiger partial charge in [-0.1, -0.05) is 29.8 Å². The van der Waals surface area contributed by atoms with Gasteiger partial charge in [-0.25, -0.2) is 0 Å². The van der Waals surface area contributed by atoms with E-state index in [-0.39, 0.29) is 5.91 Å². The lowest BCUT2D eigenvalue weighted by molar-refractivity contribution is -0.114. The average molecular weight is 250 g/mol. The van der Waals surface area contributed by atoms with Crippen LogP contribution >= 0.6 is 11.6 Å². The molecule has 0 unspecified atom stereocenters. The number of carbonyl (C=O) groups excluding carboxylic acids is 1. The van der Waals surface area contributed by atoms with E-state index in [9.17, 15) is 4.79 Å². The van der Waals surface area contributed by atoms with Gasteiger partial charge in [0.1, 0.15) is 0 Å². The molecule has 1 aromatic carbocycles. The molecule has 0 saturated carbocycles. The molecular formula is C12H12ClN3O. The molecular weight excluding hydrogens is 238 g/mol. The Morgan fingerprint density at radius 1 is 1.41 bits per heavy atom. The van der Waals surface area contributed by atoms with Crippen LogP contribution in [0.5, 0.6) is 0 Å². The summed E-state index contributed by atoms with van der Waals surface area (Å²) in [5.74, 6) is 0.414. The summed E-state index contributed by atoms with van der Waals surface area (Å²) in [7, 11) is 0. The minimum Gasteiger partial charge on any atom is -0.309 e. The predicted molar refractivity (Wildman–Crippen MR) is 67.1 cm³/mol. The molecule has 2 rings (SSSR count). The van der Waals surface area contributed by atoms with Crippen molar-refractivity contribution in [2.45, 2.75) is 13.5 Å². The van der Waals surface area contributed by atoms with Gasteiger partial charge in [0.15, 0.2) is 5.82 Å². The van der Waals surface area contributed by atoms with E-state index in [0.29, 0.717) is 17.4 Å². The molecule has 0 aliphatic carbocycles. The summed E-state index contributed by atoms with van der Waals surface area (Å²) in [6, 6.07) is 9.35. The Hall–Kier alpha value is -1.81. The number of halogens is 1. The molecule has 2 aromatic rings. The topological polar surface area (TPSA) is 46.9 Å². The van der Waals surface area contributed by atoms with Gasteiger partial charge in [0.2, 0.25) is 5.91 Å². The van der Waals surface area contributed by atoms with Crippen molar-refractivity contribution in [3.05, 3.63) is 47.1 Å². The standard InChI is InChI=1S/C12H12ClN3O/c1-9(17)14-12-6-7-16(15-12)8-10-4-2-3-5-11(10)13/h2-7H,8H2,1H3,(H,14,15,17). The first kappa shape index (κ1) is 11.7. The molecule has 1 heterocycles. The van der Waals surface area contributed by atoms with Gasteiger partial charge in [0.05, 0.1) is 6.54 Å². The number of benzene rings is 1. The van der Waals surface area contributed by atoms with Crippen molar-refractivity contribution in [3.63, 3.8) is 0 Å². The number of amides is 1. The summed E-state index contributed by atoms with van der Waals surface area (Å²) < 4.78 is 1.73. The zero-order valence-corrected chi connectivity index (χ0v) is 10.1. The van der Waals surface area contributed by atoms with Crippen molar-refractivity contribution in [2.75, 3.05) is 5.32 Å². The van der Waals surface area contributed by atoms with Gasteiger partial charge in [-0.3, -0.25) is 9.48 Å². The highest BCUT2D eigenvalue weighted by Gasteiger charge is 2.03. The van der Waals surface area contributed by atoms with Crippen molar-refractivity contribution >= 4 is 23.3 Å². The minimum atomic E-state index is -0.131. The van der Waals surface area contributed by atoms with Crippen LogP contribution in [0.1, 0.15) is 12.5 Å². The second-order valence-corrected chi connectivity index (χ2v) is 4.08. The van der Waals surface area contributed by atoms with Gasteiger partial charge in [0, 0.05) is 24.2 Å². The Morgan fingerprint density at radius 3 is 2.88 bits per heavy atom. The van der Waals surface area contributed by atoms with Gasteiger partial charge in [0.25, 0.3) is 0 Å². The van der Waals surface area contributed by atoms with E-state index in [0.717, 1.165) is 5.56 Å².